The standard InChI is InChI=1S/C14H12F3NO3/c1-2-7-20-9-10-8-18(13(19)21-10)12-6-4-3-5-11(12)14(15,16)17/h1,3-6,10H,7-9H2. The van der Waals surface area contributed by atoms with Gasteiger partial charge in [-0.15, -0.1) is 6.42 Å². The molecular formula is C14H12F3NO3. The largest absolute Gasteiger partial charge is 0.441 e. The number of carbonyl (C=O) groups excluding carboxylic acids is 1. The van der Waals surface area contributed by atoms with E-state index in [1.165, 1.54) is 18.2 Å². The van der Waals surface area contributed by atoms with Gasteiger partial charge in [-0.2, -0.15) is 13.2 Å². The molecule has 0 spiro atoms. The maximum absolute atomic E-state index is 12.9. The van der Waals surface area contributed by atoms with Crippen LogP contribution in [-0.4, -0.2) is 32.0 Å². The van der Waals surface area contributed by atoms with E-state index in [4.69, 9.17) is 15.9 Å². The molecule has 1 aromatic rings. The molecule has 112 valence electrons. The van der Waals surface area contributed by atoms with Crippen LogP contribution >= 0.6 is 0 Å². The number of terminal acetylenes is 1. The summed E-state index contributed by atoms with van der Waals surface area (Å²) >= 11 is 0. The van der Waals surface area contributed by atoms with Crippen molar-refractivity contribution >= 4 is 11.8 Å². The number of anilines is 1. The van der Waals surface area contributed by atoms with Crippen molar-refractivity contribution in [2.45, 2.75) is 12.3 Å². The average Bonchev–Trinajstić information content (AvgIpc) is 2.79. The lowest BCUT2D eigenvalue weighted by Gasteiger charge is -2.18. The number of benzene rings is 1. The molecule has 0 bridgehead atoms. The Kier molecular flexibility index (Phi) is 4.38. The van der Waals surface area contributed by atoms with Gasteiger partial charge in [-0.05, 0) is 12.1 Å². The average molecular weight is 299 g/mol. The molecule has 1 fully saturated rings. The number of hydrogen-bond acceptors (Lipinski definition) is 3. The molecule has 0 aliphatic carbocycles. The van der Waals surface area contributed by atoms with E-state index in [9.17, 15) is 18.0 Å². The molecule has 1 aliphatic rings. The monoisotopic (exact) mass is 299 g/mol. The molecule has 4 nitrogen and oxygen atoms in total. The summed E-state index contributed by atoms with van der Waals surface area (Å²) in [6.45, 7) is 0.0737. The molecule has 2 rings (SSSR count). The van der Waals surface area contributed by atoms with Crippen LogP contribution in [0.3, 0.4) is 0 Å². The third-order valence-electron chi connectivity index (χ3n) is 2.86. The van der Waals surface area contributed by atoms with Crippen molar-refractivity contribution < 1.29 is 27.4 Å². The van der Waals surface area contributed by atoms with Gasteiger partial charge in [-0.1, -0.05) is 18.1 Å². The molecular weight excluding hydrogens is 287 g/mol. The molecule has 1 atom stereocenters. The van der Waals surface area contributed by atoms with Gasteiger partial charge in [0.1, 0.15) is 12.7 Å². The van der Waals surface area contributed by atoms with Crippen LogP contribution in [0.4, 0.5) is 23.7 Å². The fourth-order valence-corrected chi connectivity index (χ4v) is 2.00. The van der Waals surface area contributed by atoms with Gasteiger partial charge in [0.15, 0.2) is 0 Å². The highest BCUT2D eigenvalue weighted by molar-refractivity contribution is 5.90. The molecule has 1 heterocycles. The molecule has 0 saturated carbocycles. The zero-order chi connectivity index (χ0) is 15.5. The van der Waals surface area contributed by atoms with Crippen LogP contribution in [0.2, 0.25) is 0 Å². The van der Waals surface area contributed by atoms with Gasteiger partial charge in [0.2, 0.25) is 0 Å². The first kappa shape index (κ1) is 15.2. The molecule has 0 N–H and O–H groups in total. The van der Waals surface area contributed by atoms with Crippen molar-refractivity contribution in [2.24, 2.45) is 0 Å². The Bertz CT molecular complexity index is 565. The van der Waals surface area contributed by atoms with Gasteiger partial charge < -0.3 is 9.47 Å². The summed E-state index contributed by atoms with van der Waals surface area (Å²) in [5.41, 5.74) is -1.11. The van der Waals surface area contributed by atoms with Crippen molar-refractivity contribution in [2.75, 3.05) is 24.7 Å². The van der Waals surface area contributed by atoms with Gasteiger partial charge >= 0.3 is 12.3 Å². The molecule has 0 radical (unpaired) electrons. The SMILES string of the molecule is C#CCOCC1CN(c2ccccc2C(F)(F)F)C(=O)O1. The zero-order valence-corrected chi connectivity index (χ0v) is 10.9. The Balaban J connectivity index is 2.16. The van der Waals surface area contributed by atoms with Gasteiger partial charge in [0, 0.05) is 0 Å². The number of carbonyl (C=O) groups is 1. The Morgan fingerprint density at radius 1 is 1.43 bits per heavy atom. The molecule has 0 aromatic heterocycles. The minimum absolute atomic E-state index is 0.0174. The molecule has 1 saturated heterocycles. The third-order valence-corrected chi connectivity index (χ3v) is 2.86. The number of alkyl halides is 3. The van der Waals surface area contributed by atoms with E-state index in [-0.39, 0.29) is 25.4 Å². The van der Waals surface area contributed by atoms with E-state index in [1.54, 1.807) is 0 Å². The third kappa shape index (κ3) is 3.47. The van der Waals surface area contributed by atoms with Crippen molar-refractivity contribution in [3.05, 3.63) is 29.8 Å². The summed E-state index contributed by atoms with van der Waals surface area (Å²) in [5, 5.41) is 0. The molecule has 1 aromatic carbocycles. The number of ether oxygens (including phenoxy) is 2. The number of halogens is 3. The predicted molar refractivity (Wildman–Crippen MR) is 68.7 cm³/mol. The maximum Gasteiger partial charge on any atom is 0.418 e. The number of amides is 1. The van der Waals surface area contributed by atoms with Crippen LogP contribution in [0.5, 0.6) is 0 Å². The highest BCUT2D eigenvalue weighted by Crippen LogP contribution is 2.37. The summed E-state index contributed by atoms with van der Waals surface area (Å²) in [4.78, 5) is 12.7. The topological polar surface area (TPSA) is 38.8 Å². The molecule has 1 amide bonds. The quantitative estimate of drug-likeness (QED) is 0.634. The lowest BCUT2D eigenvalue weighted by atomic mass is 10.1. The lowest BCUT2D eigenvalue weighted by molar-refractivity contribution is -0.137. The van der Waals surface area contributed by atoms with Crippen LogP contribution in [-0.2, 0) is 15.7 Å². The van der Waals surface area contributed by atoms with E-state index in [2.05, 4.69) is 5.92 Å². The second-order valence-corrected chi connectivity index (χ2v) is 4.35. The fourth-order valence-electron chi connectivity index (χ4n) is 2.00. The first-order valence-electron chi connectivity index (χ1n) is 6.09. The first-order chi connectivity index (χ1) is 9.93. The van der Waals surface area contributed by atoms with Gasteiger partial charge in [-0.25, -0.2) is 4.79 Å². The first-order valence-corrected chi connectivity index (χ1v) is 6.09. The summed E-state index contributed by atoms with van der Waals surface area (Å²) in [6, 6.07) is 4.85. The van der Waals surface area contributed by atoms with Gasteiger partial charge in [-0.3, -0.25) is 4.90 Å². The fraction of sp³-hybridized carbons (Fsp3) is 0.357. The highest BCUT2D eigenvalue weighted by Gasteiger charge is 2.39. The smallest absolute Gasteiger partial charge is 0.418 e. The maximum atomic E-state index is 12.9. The minimum atomic E-state index is -4.55. The summed E-state index contributed by atoms with van der Waals surface area (Å²) < 4.78 is 48.8. The Labute approximate surface area is 119 Å². The van der Waals surface area contributed by atoms with E-state index in [1.807, 2.05) is 0 Å². The van der Waals surface area contributed by atoms with Crippen LogP contribution in [0.1, 0.15) is 5.56 Å². The molecule has 21 heavy (non-hydrogen) atoms. The van der Waals surface area contributed by atoms with Gasteiger partial charge in [0.25, 0.3) is 0 Å². The van der Waals surface area contributed by atoms with Crippen molar-refractivity contribution in [3.63, 3.8) is 0 Å². The van der Waals surface area contributed by atoms with E-state index >= 15 is 0 Å². The second kappa shape index (κ2) is 6.06. The summed E-state index contributed by atoms with van der Waals surface area (Å²) in [7, 11) is 0. The van der Waals surface area contributed by atoms with Crippen molar-refractivity contribution in [1.82, 2.24) is 0 Å². The van der Waals surface area contributed by atoms with Crippen LogP contribution in [0, 0.1) is 12.3 Å². The molecule has 1 unspecified atom stereocenters. The van der Waals surface area contributed by atoms with E-state index in [0.29, 0.717) is 0 Å². The van der Waals surface area contributed by atoms with Crippen LogP contribution in [0.25, 0.3) is 0 Å². The molecule has 7 heteroatoms. The zero-order valence-electron chi connectivity index (χ0n) is 10.9. The predicted octanol–water partition coefficient (Wildman–Crippen LogP) is 2.68. The summed E-state index contributed by atoms with van der Waals surface area (Å²) in [6.07, 6.45) is -1.02. The van der Waals surface area contributed by atoms with E-state index in [0.717, 1.165) is 11.0 Å². The number of rotatable bonds is 4. The Morgan fingerprint density at radius 3 is 2.81 bits per heavy atom. The second-order valence-electron chi connectivity index (χ2n) is 4.35. The molecule has 1 aliphatic heterocycles. The number of hydrogen-bond donors (Lipinski definition) is 0. The van der Waals surface area contributed by atoms with Crippen LogP contribution in [0.15, 0.2) is 24.3 Å². The number of para-hydroxylation sites is 1. The Hall–Kier alpha value is -2.20. The number of nitrogens with zero attached hydrogens (tertiary/aromatic N) is 1. The van der Waals surface area contributed by atoms with Crippen molar-refractivity contribution in [1.29, 1.82) is 0 Å². The minimum Gasteiger partial charge on any atom is -0.441 e. The number of cyclic esters (lactones) is 1. The Morgan fingerprint density at radius 2 is 2.14 bits per heavy atom. The van der Waals surface area contributed by atoms with E-state index < -0.39 is 23.9 Å². The van der Waals surface area contributed by atoms with Crippen LogP contribution < -0.4 is 4.90 Å². The van der Waals surface area contributed by atoms with Crippen molar-refractivity contribution in [3.8, 4) is 12.3 Å². The highest BCUT2D eigenvalue weighted by atomic mass is 19.4. The normalized spacial score (nSPS) is 18.5. The van der Waals surface area contributed by atoms with Gasteiger partial charge in [0.05, 0.1) is 24.4 Å². The lowest BCUT2D eigenvalue weighted by Crippen LogP contribution is -2.28. The summed E-state index contributed by atoms with van der Waals surface area (Å²) in [5.74, 6) is 2.25.